The van der Waals surface area contributed by atoms with Crippen molar-refractivity contribution >= 4 is 17.3 Å². The number of nitro benzene ring substituents is 1. The second-order valence-corrected chi connectivity index (χ2v) is 5.24. The van der Waals surface area contributed by atoms with E-state index in [0.717, 1.165) is 17.9 Å². The van der Waals surface area contributed by atoms with Crippen molar-refractivity contribution < 1.29 is 9.72 Å². The molecule has 0 aliphatic heterocycles. The molecule has 0 bridgehead atoms. The highest BCUT2D eigenvalue weighted by Gasteiger charge is 2.17. The molecule has 0 saturated heterocycles. The number of nitrogens with zero attached hydrogens (tertiary/aromatic N) is 2. The fourth-order valence-electron chi connectivity index (χ4n) is 2.60. The molecular formula is C16H19N3O3. The first-order chi connectivity index (χ1) is 10.3. The summed E-state index contributed by atoms with van der Waals surface area (Å²) >= 11 is 0. The van der Waals surface area contributed by atoms with Crippen LogP contribution in [0.1, 0.15) is 34.2 Å². The van der Waals surface area contributed by atoms with E-state index in [0.29, 0.717) is 16.8 Å². The van der Waals surface area contributed by atoms with Gasteiger partial charge in [-0.2, -0.15) is 0 Å². The minimum atomic E-state index is -0.450. The average Bonchev–Trinajstić information content (AvgIpc) is 2.75. The predicted octanol–water partition coefficient (Wildman–Crippen LogP) is 3.59. The lowest BCUT2D eigenvalue weighted by atomic mass is 10.1. The van der Waals surface area contributed by atoms with E-state index in [4.69, 9.17) is 0 Å². The largest absolute Gasteiger partial charge is 0.349 e. The van der Waals surface area contributed by atoms with Crippen LogP contribution in [0.4, 0.5) is 11.4 Å². The number of carbonyl (C=O) groups excluding carboxylic acids is 1. The Bertz CT molecular complexity index is 747. The summed E-state index contributed by atoms with van der Waals surface area (Å²) in [4.78, 5) is 22.9. The number of aryl methyl sites for hydroxylation is 2. The molecule has 116 valence electrons. The summed E-state index contributed by atoms with van der Waals surface area (Å²) in [5.74, 6) is -0.258. The predicted molar refractivity (Wildman–Crippen MR) is 85.4 cm³/mol. The summed E-state index contributed by atoms with van der Waals surface area (Å²) in [6.45, 7) is 8.32. The molecular weight excluding hydrogens is 282 g/mol. The molecule has 0 aliphatic carbocycles. The van der Waals surface area contributed by atoms with Crippen LogP contribution >= 0.6 is 0 Å². The van der Waals surface area contributed by atoms with Gasteiger partial charge in [0.05, 0.1) is 10.5 Å². The van der Waals surface area contributed by atoms with Gasteiger partial charge in [0.1, 0.15) is 0 Å². The smallest absolute Gasteiger partial charge is 0.274 e. The maximum Gasteiger partial charge on any atom is 0.274 e. The van der Waals surface area contributed by atoms with Crippen molar-refractivity contribution in [1.82, 2.24) is 4.57 Å². The van der Waals surface area contributed by atoms with Crippen LogP contribution in [0.15, 0.2) is 24.3 Å². The Morgan fingerprint density at radius 2 is 1.95 bits per heavy atom. The van der Waals surface area contributed by atoms with Gasteiger partial charge in [-0.15, -0.1) is 0 Å². The molecule has 0 spiro atoms. The maximum atomic E-state index is 12.4. The zero-order chi connectivity index (χ0) is 16.4. The van der Waals surface area contributed by atoms with Crippen LogP contribution in [-0.2, 0) is 6.54 Å². The third-order valence-corrected chi connectivity index (χ3v) is 3.80. The SMILES string of the molecule is CCn1c(C)cc(C(=O)Nc2ccc(C)c([N+](=O)[O-])c2)c1C. The molecule has 1 amide bonds. The Morgan fingerprint density at radius 1 is 1.27 bits per heavy atom. The van der Waals surface area contributed by atoms with E-state index in [-0.39, 0.29) is 11.6 Å². The number of amides is 1. The van der Waals surface area contributed by atoms with Crippen molar-refractivity contribution in [3.8, 4) is 0 Å². The Kier molecular flexibility index (Phi) is 4.30. The standard InChI is InChI=1S/C16H19N3O3/c1-5-18-11(3)8-14(12(18)4)16(20)17-13-7-6-10(2)15(9-13)19(21)22/h6-9H,5H2,1-4H3,(H,17,20). The van der Waals surface area contributed by atoms with Crippen LogP contribution in [0.5, 0.6) is 0 Å². The minimum absolute atomic E-state index is 0.00293. The molecule has 1 aromatic heterocycles. The average molecular weight is 301 g/mol. The highest BCUT2D eigenvalue weighted by Crippen LogP contribution is 2.23. The van der Waals surface area contributed by atoms with Gasteiger partial charge in [0.2, 0.25) is 0 Å². The number of rotatable bonds is 4. The van der Waals surface area contributed by atoms with Crippen molar-refractivity contribution in [2.24, 2.45) is 0 Å². The quantitative estimate of drug-likeness (QED) is 0.692. The van der Waals surface area contributed by atoms with Crippen molar-refractivity contribution in [3.05, 3.63) is 56.9 Å². The molecule has 0 radical (unpaired) electrons. The van der Waals surface area contributed by atoms with Crippen LogP contribution in [0, 0.1) is 30.9 Å². The van der Waals surface area contributed by atoms with Crippen molar-refractivity contribution in [2.45, 2.75) is 34.2 Å². The van der Waals surface area contributed by atoms with Crippen molar-refractivity contribution in [1.29, 1.82) is 0 Å². The Balaban J connectivity index is 2.30. The van der Waals surface area contributed by atoms with Gasteiger partial charge < -0.3 is 9.88 Å². The van der Waals surface area contributed by atoms with E-state index in [1.54, 1.807) is 19.1 Å². The number of carbonyl (C=O) groups is 1. The number of hydrogen-bond acceptors (Lipinski definition) is 3. The minimum Gasteiger partial charge on any atom is -0.349 e. The van der Waals surface area contributed by atoms with Crippen LogP contribution in [-0.4, -0.2) is 15.4 Å². The summed E-state index contributed by atoms with van der Waals surface area (Å²) in [5, 5.41) is 13.7. The fraction of sp³-hybridized carbons (Fsp3) is 0.312. The van der Waals surface area contributed by atoms with E-state index in [2.05, 4.69) is 5.32 Å². The van der Waals surface area contributed by atoms with Crippen LogP contribution in [0.25, 0.3) is 0 Å². The molecule has 0 fully saturated rings. The third-order valence-electron chi connectivity index (χ3n) is 3.80. The second-order valence-electron chi connectivity index (χ2n) is 5.24. The van der Waals surface area contributed by atoms with Crippen LogP contribution < -0.4 is 5.32 Å². The van der Waals surface area contributed by atoms with Crippen LogP contribution in [0.3, 0.4) is 0 Å². The first-order valence-corrected chi connectivity index (χ1v) is 7.08. The number of aromatic nitrogens is 1. The van der Waals surface area contributed by atoms with E-state index >= 15 is 0 Å². The Hall–Kier alpha value is -2.63. The van der Waals surface area contributed by atoms with E-state index in [9.17, 15) is 14.9 Å². The van der Waals surface area contributed by atoms with Crippen molar-refractivity contribution in [3.63, 3.8) is 0 Å². The molecule has 1 aromatic carbocycles. The number of benzene rings is 1. The normalized spacial score (nSPS) is 10.5. The molecule has 2 aromatic rings. The van der Waals surface area contributed by atoms with Crippen molar-refractivity contribution in [2.75, 3.05) is 5.32 Å². The van der Waals surface area contributed by atoms with E-state index in [1.807, 2.05) is 31.4 Å². The molecule has 2 rings (SSSR count). The van der Waals surface area contributed by atoms with Gasteiger partial charge in [-0.25, -0.2) is 0 Å². The molecule has 6 heteroatoms. The highest BCUT2D eigenvalue weighted by atomic mass is 16.6. The Morgan fingerprint density at radius 3 is 2.50 bits per heavy atom. The summed E-state index contributed by atoms with van der Waals surface area (Å²) in [6.07, 6.45) is 0. The summed E-state index contributed by atoms with van der Waals surface area (Å²) in [7, 11) is 0. The maximum absolute atomic E-state index is 12.4. The van der Waals surface area contributed by atoms with E-state index < -0.39 is 4.92 Å². The van der Waals surface area contributed by atoms with Crippen LogP contribution in [0.2, 0.25) is 0 Å². The van der Waals surface area contributed by atoms with Gasteiger partial charge in [-0.3, -0.25) is 14.9 Å². The molecule has 6 nitrogen and oxygen atoms in total. The zero-order valence-electron chi connectivity index (χ0n) is 13.1. The lowest BCUT2D eigenvalue weighted by Gasteiger charge is -2.08. The van der Waals surface area contributed by atoms with Gasteiger partial charge >= 0.3 is 0 Å². The lowest BCUT2D eigenvalue weighted by molar-refractivity contribution is -0.385. The second kappa shape index (κ2) is 6.01. The lowest BCUT2D eigenvalue weighted by Crippen LogP contribution is -2.13. The third kappa shape index (κ3) is 2.86. The molecule has 0 aliphatic rings. The molecule has 22 heavy (non-hydrogen) atoms. The number of hydrogen-bond donors (Lipinski definition) is 1. The fourth-order valence-corrected chi connectivity index (χ4v) is 2.60. The summed E-state index contributed by atoms with van der Waals surface area (Å²) < 4.78 is 2.05. The van der Waals surface area contributed by atoms with Gasteiger partial charge in [0, 0.05) is 35.2 Å². The summed E-state index contributed by atoms with van der Waals surface area (Å²) in [5.41, 5.74) is 3.47. The molecule has 0 unspecified atom stereocenters. The number of nitro groups is 1. The monoisotopic (exact) mass is 301 g/mol. The van der Waals surface area contributed by atoms with Gasteiger partial charge in [-0.1, -0.05) is 6.07 Å². The zero-order valence-corrected chi connectivity index (χ0v) is 13.1. The highest BCUT2D eigenvalue weighted by molar-refractivity contribution is 6.05. The first-order valence-electron chi connectivity index (χ1n) is 7.08. The molecule has 0 atom stereocenters. The van der Waals surface area contributed by atoms with Gasteiger partial charge in [0.25, 0.3) is 11.6 Å². The topological polar surface area (TPSA) is 77.2 Å². The number of nitrogens with one attached hydrogen (secondary N) is 1. The molecule has 0 saturated carbocycles. The molecule has 1 heterocycles. The summed E-state index contributed by atoms with van der Waals surface area (Å²) in [6, 6.07) is 6.51. The number of anilines is 1. The van der Waals surface area contributed by atoms with Gasteiger partial charge in [0.15, 0.2) is 0 Å². The molecule has 1 N–H and O–H groups in total. The van der Waals surface area contributed by atoms with Gasteiger partial charge in [-0.05, 0) is 39.8 Å². The Labute approximate surface area is 128 Å². The van der Waals surface area contributed by atoms with E-state index in [1.165, 1.54) is 6.07 Å². The first kappa shape index (κ1) is 15.8.